The fourth-order valence-electron chi connectivity index (χ4n) is 3.22. The maximum absolute atomic E-state index is 12.5. The SMILES string of the molecule is Cc1cccc(NC(=O)[C@H]2[C@H](C(=O)O)[C@H]3C=C[C@@]2(C)O3)c1. The predicted octanol–water partition coefficient (Wildman–Crippen LogP) is 1.98. The van der Waals surface area contributed by atoms with Gasteiger partial charge in [-0.2, -0.15) is 0 Å². The van der Waals surface area contributed by atoms with E-state index >= 15 is 0 Å². The number of aliphatic carboxylic acids is 1. The van der Waals surface area contributed by atoms with Crippen LogP contribution in [0.2, 0.25) is 0 Å². The summed E-state index contributed by atoms with van der Waals surface area (Å²) in [5, 5.41) is 12.2. The van der Waals surface area contributed by atoms with E-state index < -0.39 is 29.5 Å². The van der Waals surface area contributed by atoms with Crippen LogP contribution in [0.3, 0.4) is 0 Å². The van der Waals surface area contributed by atoms with Gasteiger partial charge in [0.1, 0.15) is 5.92 Å². The highest BCUT2D eigenvalue weighted by atomic mass is 16.5. The lowest BCUT2D eigenvalue weighted by molar-refractivity contribution is -0.146. The molecule has 110 valence electrons. The van der Waals surface area contributed by atoms with Crippen molar-refractivity contribution in [1.29, 1.82) is 0 Å². The number of carboxylic acids is 1. The van der Waals surface area contributed by atoms with Gasteiger partial charge in [0.05, 0.1) is 17.6 Å². The van der Waals surface area contributed by atoms with Gasteiger partial charge in [-0.15, -0.1) is 0 Å². The molecule has 1 aromatic rings. The molecule has 1 amide bonds. The largest absolute Gasteiger partial charge is 0.481 e. The Morgan fingerprint density at radius 1 is 1.38 bits per heavy atom. The quantitative estimate of drug-likeness (QED) is 0.833. The Morgan fingerprint density at radius 2 is 2.14 bits per heavy atom. The van der Waals surface area contributed by atoms with E-state index in [1.807, 2.05) is 25.1 Å². The van der Waals surface area contributed by atoms with Crippen LogP contribution in [0, 0.1) is 18.8 Å². The van der Waals surface area contributed by atoms with E-state index in [2.05, 4.69) is 5.32 Å². The van der Waals surface area contributed by atoms with Crippen molar-refractivity contribution in [3.63, 3.8) is 0 Å². The summed E-state index contributed by atoms with van der Waals surface area (Å²) in [5.74, 6) is -2.89. The Bertz CT molecular complexity index is 639. The van der Waals surface area contributed by atoms with Crippen molar-refractivity contribution >= 4 is 17.6 Å². The van der Waals surface area contributed by atoms with Crippen LogP contribution in [0.15, 0.2) is 36.4 Å². The number of aryl methyl sites for hydroxylation is 1. The summed E-state index contributed by atoms with van der Waals surface area (Å²) in [6, 6.07) is 7.41. The average Bonchev–Trinajstić information content (AvgIpc) is 2.91. The number of carbonyl (C=O) groups is 2. The third kappa shape index (κ3) is 2.23. The number of nitrogens with one attached hydrogen (secondary N) is 1. The zero-order valence-electron chi connectivity index (χ0n) is 11.9. The molecule has 21 heavy (non-hydrogen) atoms. The number of carboxylic acid groups (broad SMARTS) is 1. The van der Waals surface area contributed by atoms with Crippen molar-refractivity contribution in [3.8, 4) is 0 Å². The summed E-state index contributed by atoms with van der Waals surface area (Å²) in [7, 11) is 0. The van der Waals surface area contributed by atoms with Crippen LogP contribution in [0.5, 0.6) is 0 Å². The number of rotatable bonds is 3. The fourth-order valence-corrected chi connectivity index (χ4v) is 3.22. The van der Waals surface area contributed by atoms with E-state index in [-0.39, 0.29) is 5.91 Å². The summed E-state index contributed by atoms with van der Waals surface area (Å²) in [4.78, 5) is 24.0. The molecule has 4 atom stereocenters. The van der Waals surface area contributed by atoms with Crippen LogP contribution in [-0.2, 0) is 14.3 Å². The highest BCUT2D eigenvalue weighted by Gasteiger charge is 2.59. The molecule has 1 aromatic carbocycles. The zero-order valence-corrected chi connectivity index (χ0v) is 11.9. The van der Waals surface area contributed by atoms with Gasteiger partial charge in [-0.1, -0.05) is 24.3 Å². The van der Waals surface area contributed by atoms with E-state index in [1.165, 1.54) is 0 Å². The molecule has 3 rings (SSSR count). The molecule has 0 spiro atoms. The van der Waals surface area contributed by atoms with Crippen LogP contribution in [0.4, 0.5) is 5.69 Å². The molecule has 5 heteroatoms. The van der Waals surface area contributed by atoms with Crippen LogP contribution >= 0.6 is 0 Å². The Balaban J connectivity index is 1.86. The van der Waals surface area contributed by atoms with E-state index in [9.17, 15) is 14.7 Å². The maximum atomic E-state index is 12.5. The summed E-state index contributed by atoms with van der Waals surface area (Å²) >= 11 is 0. The fraction of sp³-hybridized carbons (Fsp3) is 0.375. The first-order valence-corrected chi connectivity index (χ1v) is 6.88. The Morgan fingerprint density at radius 3 is 2.81 bits per heavy atom. The normalized spacial score (nSPS) is 33.1. The molecule has 1 saturated heterocycles. The van der Waals surface area contributed by atoms with Gasteiger partial charge < -0.3 is 15.2 Å². The lowest BCUT2D eigenvalue weighted by Gasteiger charge is -2.27. The summed E-state index contributed by atoms with van der Waals surface area (Å²) in [6.45, 7) is 3.69. The molecule has 5 nitrogen and oxygen atoms in total. The lowest BCUT2D eigenvalue weighted by Crippen LogP contribution is -2.44. The van der Waals surface area contributed by atoms with Gasteiger partial charge in [0, 0.05) is 5.69 Å². The summed E-state index contributed by atoms with van der Waals surface area (Å²) < 4.78 is 5.68. The van der Waals surface area contributed by atoms with Crippen molar-refractivity contribution in [1.82, 2.24) is 0 Å². The van der Waals surface area contributed by atoms with E-state index in [0.717, 1.165) is 5.56 Å². The molecule has 2 N–H and O–H groups in total. The molecule has 0 unspecified atom stereocenters. The van der Waals surface area contributed by atoms with Gasteiger partial charge in [0.2, 0.25) is 5.91 Å². The number of ether oxygens (including phenoxy) is 1. The van der Waals surface area contributed by atoms with Crippen molar-refractivity contribution in [2.24, 2.45) is 11.8 Å². The first-order chi connectivity index (χ1) is 9.90. The molecule has 2 aliphatic heterocycles. The molecule has 2 bridgehead atoms. The molecule has 1 fully saturated rings. The number of fused-ring (bicyclic) bond motifs is 2. The van der Waals surface area contributed by atoms with E-state index in [4.69, 9.17) is 4.74 Å². The maximum Gasteiger partial charge on any atom is 0.310 e. The molecule has 0 radical (unpaired) electrons. The number of carbonyl (C=O) groups excluding carboxylic acids is 1. The minimum atomic E-state index is -1.00. The van der Waals surface area contributed by atoms with Gasteiger partial charge in [0.15, 0.2) is 0 Å². The third-order valence-corrected chi connectivity index (χ3v) is 4.19. The minimum absolute atomic E-state index is 0.317. The average molecular weight is 287 g/mol. The van der Waals surface area contributed by atoms with Crippen LogP contribution < -0.4 is 5.32 Å². The van der Waals surface area contributed by atoms with Gasteiger partial charge in [-0.05, 0) is 31.5 Å². The molecule has 0 saturated carbocycles. The second-order valence-electron chi connectivity index (χ2n) is 5.83. The molecular formula is C16H17NO4. The highest BCUT2D eigenvalue weighted by Crippen LogP contribution is 2.47. The van der Waals surface area contributed by atoms with Crippen LogP contribution in [0.1, 0.15) is 12.5 Å². The van der Waals surface area contributed by atoms with Crippen molar-refractivity contribution in [2.45, 2.75) is 25.6 Å². The molecule has 2 heterocycles. The van der Waals surface area contributed by atoms with Crippen LogP contribution in [-0.4, -0.2) is 28.7 Å². The highest BCUT2D eigenvalue weighted by molar-refractivity contribution is 5.97. The second kappa shape index (κ2) is 4.70. The zero-order chi connectivity index (χ0) is 15.2. The molecular weight excluding hydrogens is 270 g/mol. The van der Waals surface area contributed by atoms with Gasteiger partial charge >= 0.3 is 5.97 Å². The number of hydrogen-bond donors (Lipinski definition) is 2. The van der Waals surface area contributed by atoms with Gasteiger partial charge in [0.25, 0.3) is 0 Å². The standard InChI is InChI=1S/C16H17NO4/c1-9-4-3-5-10(8-9)17-14(18)13-12(15(19)20)11-6-7-16(13,2)21-11/h3-8,11-13H,1-2H3,(H,17,18)(H,19,20)/t11-,12-,13-,16-/m1/s1. The monoisotopic (exact) mass is 287 g/mol. The van der Waals surface area contributed by atoms with Gasteiger partial charge in [-0.25, -0.2) is 0 Å². The predicted molar refractivity (Wildman–Crippen MR) is 76.8 cm³/mol. The summed E-state index contributed by atoms with van der Waals surface area (Å²) in [5.41, 5.74) is 0.846. The van der Waals surface area contributed by atoms with Crippen molar-refractivity contribution in [3.05, 3.63) is 42.0 Å². The van der Waals surface area contributed by atoms with E-state index in [0.29, 0.717) is 5.69 Å². The first-order valence-electron chi connectivity index (χ1n) is 6.88. The molecule has 0 aromatic heterocycles. The molecule has 0 aliphatic carbocycles. The Kier molecular flexibility index (Phi) is 3.10. The third-order valence-electron chi connectivity index (χ3n) is 4.19. The van der Waals surface area contributed by atoms with E-state index in [1.54, 1.807) is 25.1 Å². The summed E-state index contributed by atoms with van der Waals surface area (Å²) in [6.07, 6.45) is 2.99. The number of anilines is 1. The Hall–Kier alpha value is -2.14. The first kappa shape index (κ1) is 13.8. The Labute approximate surface area is 122 Å². The van der Waals surface area contributed by atoms with Crippen LogP contribution in [0.25, 0.3) is 0 Å². The molecule has 2 aliphatic rings. The smallest absolute Gasteiger partial charge is 0.310 e. The van der Waals surface area contributed by atoms with Gasteiger partial charge in [-0.3, -0.25) is 9.59 Å². The number of benzene rings is 1. The number of hydrogen-bond acceptors (Lipinski definition) is 3. The lowest BCUT2D eigenvalue weighted by atomic mass is 9.75. The second-order valence-corrected chi connectivity index (χ2v) is 5.83. The minimum Gasteiger partial charge on any atom is -0.481 e. The van der Waals surface area contributed by atoms with Crippen molar-refractivity contribution < 1.29 is 19.4 Å². The van der Waals surface area contributed by atoms with Crippen molar-refractivity contribution in [2.75, 3.05) is 5.32 Å². The topological polar surface area (TPSA) is 75.6 Å². The number of amides is 1.